The molecule has 0 aliphatic heterocycles. The van der Waals surface area contributed by atoms with E-state index in [1.807, 2.05) is 0 Å². The van der Waals surface area contributed by atoms with Crippen LogP contribution >= 0.6 is 0 Å². The fourth-order valence-electron chi connectivity index (χ4n) is 1.47. The molecule has 0 spiro atoms. The van der Waals surface area contributed by atoms with Crippen LogP contribution in [0.15, 0.2) is 17.0 Å². The molecule has 5 nitrogen and oxygen atoms in total. The van der Waals surface area contributed by atoms with Crippen molar-refractivity contribution < 1.29 is 31.8 Å². The lowest BCUT2D eigenvalue weighted by molar-refractivity contribution is 0.0685. The van der Waals surface area contributed by atoms with Gasteiger partial charge < -0.3 is 9.84 Å². The lowest BCUT2D eigenvalue weighted by Crippen LogP contribution is -2.14. The van der Waals surface area contributed by atoms with Crippen LogP contribution in [-0.2, 0) is 14.6 Å². The van der Waals surface area contributed by atoms with Crippen molar-refractivity contribution >= 4 is 15.8 Å². The van der Waals surface area contributed by atoms with Crippen molar-refractivity contribution in [3.05, 3.63) is 29.3 Å². The summed E-state index contributed by atoms with van der Waals surface area (Å²) in [5, 5.41) is 8.66. The SMILES string of the molecule is COCCCS(=O)(=O)c1ccc(F)c(C(=O)O)c1F. The Morgan fingerprint density at radius 1 is 1.37 bits per heavy atom. The van der Waals surface area contributed by atoms with Crippen molar-refractivity contribution in [2.45, 2.75) is 11.3 Å². The molecular formula is C11H12F2O5S. The summed E-state index contributed by atoms with van der Waals surface area (Å²) in [5.74, 6) is -5.17. The zero-order valence-corrected chi connectivity index (χ0v) is 10.8. The van der Waals surface area contributed by atoms with E-state index >= 15 is 0 Å². The average molecular weight is 294 g/mol. The van der Waals surface area contributed by atoms with Crippen molar-refractivity contribution in [2.24, 2.45) is 0 Å². The van der Waals surface area contributed by atoms with E-state index in [9.17, 15) is 22.0 Å². The van der Waals surface area contributed by atoms with Crippen LogP contribution in [0.25, 0.3) is 0 Å². The molecule has 1 aromatic rings. The van der Waals surface area contributed by atoms with Crippen LogP contribution in [0.3, 0.4) is 0 Å². The molecule has 1 N–H and O–H groups in total. The largest absolute Gasteiger partial charge is 0.477 e. The summed E-state index contributed by atoms with van der Waals surface area (Å²) in [6.07, 6.45) is 0.123. The monoisotopic (exact) mass is 294 g/mol. The number of methoxy groups -OCH3 is 1. The van der Waals surface area contributed by atoms with Gasteiger partial charge in [0, 0.05) is 13.7 Å². The predicted octanol–water partition coefficient (Wildman–Crippen LogP) is 1.47. The smallest absolute Gasteiger partial charge is 0.341 e. The van der Waals surface area contributed by atoms with Crippen molar-refractivity contribution in [2.75, 3.05) is 19.5 Å². The van der Waals surface area contributed by atoms with E-state index in [1.165, 1.54) is 7.11 Å². The van der Waals surface area contributed by atoms with Crippen LogP contribution in [0.4, 0.5) is 8.78 Å². The van der Waals surface area contributed by atoms with Gasteiger partial charge in [-0.15, -0.1) is 0 Å². The van der Waals surface area contributed by atoms with Gasteiger partial charge in [-0.2, -0.15) is 0 Å². The van der Waals surface area contributed by atoms with Crippen LogP contribution in [0, 0.1) is 11.6 Å². The Kier molecular flexibility index (Phi) is 4.96. The maximum atomic E-state index is 13.8. The maximum Gasteiger partial charge on any atom is 0.341 e. The summed E-state index contributed by atoms with van der Waals surface area (Å²) in [7, 11) is -2.64. The first-order chi connectivity index (χ1) is 8.81. The minimum atomic E-state index is -4.02. The number of halogens is 2. The molecule has 106 valence electrons. The van der Waals surface area contributed by atoms with Crippen LogP contribution in [0.5, 0.6) is 0 Å². The molecular weight excluding hydrogens is 282 g/mol. The third-order valence-corrected chi connectivity index (χ3v) is 4.18. The van der Waals surface area contributed by atoms with E-state index in [2.05, 4.69) is 4.74 Å². The summed E-state index contributed by atoms with van der Waals surface area (Å²) >= 11 is 0. The minimum absolute atomic E-state index is 0.123. The molecule has 8 heteroatoms. The molecule has 0 atom stereocenters. The van der Waals surface area contributed by atoms with Crippen molar-refractivity contribution in [1.82, 2.24) is 0 Å². The standard InChI is InChI=1S/C11H12F2O5S/c1-18-5-2-6-19(16,17)8-4-3-7(12)9(10(8)13)11(14)15/h3-4H,2,5-6H2,1H3,(H,14,15). The topological polar surface area (TPSA) is 80.7 Å². The molecule has 19 heavy (non-hydrogen) atoms. The Bertz CT molecular complexity index is 583. The van der Waals surface area contributed by atoms with Gasteiger partial charge in [0.05, 0.1) is 5.75 Å². The number of sulfone groups is 1. The van der Waals surface area contributed by atoms with E-state index in [0.717, 1.165) is 6.07 Å². The average Bonchev–Trinajstić information content (AvgIpc) is 2.28. The predicted molar refractivity (Wildman–Crippen MR) is 61.9 cm³/mol. The molecule has 0 bridgehead atoms. The van der Waals surface area contributed by atoms with Gasteiger partial charge in [0.25, 0.3) is 0 Å². The molecule has 0 aliphatic rings. The number of hydrogen-bond donors (Lipinski definition) is 1. The zero-order valence-electron chi connectivity index (χ0n) is 10.0. The molecule has 0 aromatic heterocycles. The molecule has 0 saturated heterocycles. The number of carboxylic acid groups (broad SMARTS) is 1. The summed E-state index contributed by atoms with van der Waals surface area (Å²) in [5.41, 5.74) is -1.27. The zero-order chi connectivity index (χ0) is 14.6. The van der Waals surface area contributed by atoms with Crippen LogP contribution in [-0.4, -0.2) is 39.0 Å². The molecule has 0 amide bonds. The Morgan fingerprint density at radius 3 is 2.53 bits per heavy atom. The van der Waals surface area contributed by atoms with Crippen molar-refractivity contribution in [1.29, 1.82) is 0 Å². The molecule has 1 rings (SSSR count). The number of hydrogen-bond acceptors (Lipinski definition) is 4. The van der Waals surface area contributed by atoms with Crippen LogP contribution in [0.2, 0.25) is 0 Å². The number of carboxylic acids is 1. The molecule has 0 fully saturated rings. The lowest BCUT2D eigenvalue weighted by atomic mass is 10.2. The van der Waals surface area contributed by atoms with E-state index in [1.54, 1.807) is 0 Å². The van der Waals surface area contributed by atoms with Crippen LogP contribution < -0.4 is 0 Å². The normalized spacial score (nSPS) is 11.5. The highest BCUT2D eigenvalue weighted by atomic mass is 32.2. The van der Waals surface area contributed by atoms with Gasteiger partial charge in [0.15, 0.2) is 15.7 Å². The number of aromatic carboxylic acids is 1. The first-order valence-corrected chi connectivity index (χ1v) is 6.89. The summed E-state index contributed by atoms with van der Waals surface area (Å²) in [6.45, 7) is 0.161. The second-order valence-corrected chi connectivity index (χ2v) is 5.78. The quantitative estimate of drug-likeness (QED) is 0.635. The second kappa shape index (κ2) is 6.07. The van der Waals surface area contributed by atoms with E-state index in [0.29, 0.717) is 6.07 Å². The molecule has 0 aliphatic carbocycles. The molecule has 0 saturated carbocycles. The van der Waals surface area contributed by atoms with Gasteiger partial charge in [-0.3, -0.25) is 0 Å². The van der Waals surface area contributed by atoms with Gasteiger partial charge in [0.2, 0.25) is 0 Å². The van der Waals surface area contributed by atoms with Gasteiger partial charge in [-0.1, -0.05) is 0 Å². The fraction of sp³-hybridized carbons (Fsp3) is 0.364. The Morgan fingerprint density at radius 2 is 2.00 bits per heavy atom. The van der Waals surface area contributed by atoms with Gasteiger partial charge >= 0.3 is 5.97 Å². The van der Waals surface area contributed by atoms with E-state index in [-0.39, 0.29) is 13.0 Å². The Hall–Kier alpha value is -1.54. The molecule has 0 radical (unpaired) electrons. The molecule has 0 unspecified atom stereocenters. The Labute approximate surface area is 108 Å². The van der Waals surface area contributed by atoms with Crippen molar-refractivity contribution in [3.8, 4) is 0 Å². The minimum Gasteiger partial charge on any atom is -0.477 e. The third kappa shape index (κ3) is 3.48. The summed E-state index contributed by atoms with van der Waals surface area (Å²) in [6, 6.07) is 1.34. The second-order valence-electron chi connectivity index (χ2n) is 3.70. The Balaban J connectivity index is 3.21. The van der Waals surface area contributed by atoms with Crippen molar-refractivity contribution in [3.63, 3.8) is 0 Å². The highest BCUT2D eigenvalue weighted by molar-refractivity contribution is 7.91. The molecule has 1 aromatic carbocycles. The maximum absolute atomic E-state index is 13.8. The lowest BCUT2D eigenvalue weighted by Gasteiger charge is -2.08. The number of rotatable bonds is 6. The number of benzene rings is 1. The van der Waals surface area contributed by atoms with Crippen LogP contribution in [0.1, 0.15) is 16.8 Å². The highest BCUT2D eigenvalue weighted by Gasteiger charge is 2.26. The number of ether oxygens (including phenoxy) is 1. The summed E-state index contributed by atoms with van der Waals surface area (Å²) < 4.78 is 55.2. The van der Waals surface area contributed by atoms with Gasteiger partial charge in [-0.05, 0) is 18.6 Å². The van der Waals surface area contributed by atoms with Gasteiger partial charge in [-0.25, -0.2) is 22.0 Å². The third-order valence-electron chi connectivity index (χ3n) is 2.37. The highest BCUT2D eigenvalue weighted by Crippen LogP contribution is 2.22. The van der Waals surface area contributed by atoms with E-state index in [4.69, 9.17) is 5.11 Å². The van der Waals surface area contributed by atoms with E-state index < -0.39 is 43.7 Å². The molecule has 0 heterocycles. The summed E-state index contributed by atoms with van der Waals surface area (Å²) in [4.78, 5) is 9.87. The first-order valence-electron chi connectivity index (χ1n) is 5.24. The van der Waals surface area contributed by atoms with Gasteiger partial charge in [0.1, 0.15) is 16.3 Å². The fourth-order valence-corrected chi connectivity index (χ4v) is 2.84. The number of carbonyl (C=O) groups is 1. The first kappa shape index (κ1) is 15.5.